The minimum atomic E-state index is 0.621. The SMILES string of the molecule is C=N/C=C\C=C(/C)c1cccc(-c2cc(-c3ccc4ccccc4c3)cc(-c3nc(-c4ccccc4)nc(-c4ccccc4)n3)c2)c1. The first-order valence-electron chi connectivity index (χ1n) is 15.6. The summed E-state index contributed by atoms with van der Waals surface area (Å²) in [5.41, 5.74) is 9.45. The first kappa shape index (κ1) is 29.5. The highest BCUT2D eigenvalue weighted by Gasteiger charge is 2.15. The largest absolute Gasteiger partial charge is 0.273 e. The topological polar surface area (TPSA) is 51.0 Å². The van der Waals surface area contributed by atoms with E-state index in [-0.39, 0.29) is 0 Å². The average Bonchev–Trinajstić information content (AvgIpc) is 3.15. The van der Waals surface area contributed by atoms with Crippen LogP contribution in [0.1, 0.15) is 12.5 Å². The normalized spacial score (nSPS) is 11.6. The maximum Gasteiger partial charge on any atom is 0.164 e. The van der Waals surface area contributed by atoms with E-state index in [1.165, 1.54) is 10.8 Å². The van der Waals surface area contributed by atoms with Crippen LogP contribution in [0.4, 0.5) is 0 Å². The molecule has 1 aromatic heterocycles. The molecule has 7 aromatic rings. The molecule has 0 fully saturated rings. The van der Waals surface area contributed by atoms with Crippen molar-refractivity contribution in [1.29, 1.82) is 0 Å². The van der Waals surface area contributed by atoms with E-state index in [0.29, 0.717) is 17.5 Å². The van der Waals surface area contributed by atoms with Crippen molar-refractivity contribution in [3.63, 3.8) is 0 Å². The van der Waals surface area contributed by atoms with Crippen molar-refractivity contribution in [1.82, 2.24) is 15.0 Å². The van der Waals surface area contributed by atoms with Crippen LogP contribution in [0.5, 0.6) is 0 Å². The van der Waals surface area contributed by atoms with Crippen LogP contribution in [0, 0.1) is 0 Å². The fraction of sp³-hybridized carbons (Fsp3) is 0.0233. The van der Waals surface area contributed by atoms with Crippen LogP contribution in [0.25, 0.3) is 72.8 Å². The number of aromatic nitrogens is 3. The molecule has 0 saturated carbocycles. The predicted octanol–water partition coefficient (Wildman–Crippen LogP) is 11.0. The van der Waals surface area contributed by atoms with Gasteiger partial charge in [-0.2, -0.15) is 0 Å². The van der Waals surface area contributed by atoms with Gasteiger partial charge in [0.1, 0.15) is 0 Å². The summed E-state index contributed by atoms with van der Waals surface area (Å²) in [6, 6.07) is 50.5. The molecule has 0 atom stereocenters. The molecular weight excluding hydrogens is 573 g/mol. The van der Waals surface area contributed by atoms with Crippen LogP contribution < -0.4 is 0 Å². The molecular formula is C43H32N4. The lowest BCUT2D eigenvalue weighted by Gasteiger charge is -2.13. The monoisotopic (exact) mass is 604 g/mol. The Kier molecular flexibility index (Phi) is 8.39. The van der Waals surface area contributed by atoms with Crippen molar-refractivity contribution < 1.29 is 0 Å². The highest BCUT2D eigenvalue weighted by Crippen LogP contribution is 2.35. The van der Waals surface area contributed by atoms with E-state index in [9.17, 15) is 0 Å². The molecule has 0 saturated heterocycles. The first-order valence-corrected chi connectivity index (χ1v) is 15.6. The highest BCUT2D eigenvalue weighted by atomic mass is 15.0. The van der Waals surface area contributed by atoms with Gasteiger partial charge in [0.05, 0.1) is 0 Å². The lowest BCUT2D eigenvalue weighted by molar-refractivity contribution is 1.07. The van der Waals surface area contributed by atoms with Crippen molar-refractivity contribution in [3.05, 3.63) is 170 Å². The number of benzene rings is 6. The van der Waals surface area contributed by atoms with Crippen LogP contribution in [-0.4, -0.2) is 21.7 Å². The minimum Gasteiger partial charge on any atom is -0.273 e. The minimum absolute atomic E-state index is 0.621. The van der Waals surface area contributed by atoms with E-state index in [4.69, 9.17) is 15.0 Å². The Hall–Kier alpha value is -6.26. The van der Waals surface area contributed by atoms with Crippen molar-refractivity contribution >= 4 is 23.1 Å². The summed E-state index contributed by atoms with van der Waals surface area (Å²) in [4.78, 5) is 18.8. The zero-order valence-corrected chi connectivity index (χ0v) is 26.1. The fourth-order valence-electron chi connectivity index (χ4n) is 5.69. The molecule has 0 spiro atoms. The van der Waals surface area contributed by atoms with Crippen LogP contribution in [-0.2, 0) is 0 Å². The molecule has 7 rings (SSSR count). The average molecular weight is 605 g/mol. The molecule has 0 amide bonds. The Bertz CT molecular complexity index is 2210. The standard InChI is InChI=1S/C43H32N4/c1-30(13-12-24-44-2)34-20-11-21-36(25-34)38-27-39(37-23-22-31-14-9-10-19-35(31)26-37)29-40(28-38)43-46-41(32-15-5-3-6-16-32)45-42(47-43)33-17-7-4-8-18-33/h3-29H,2H2,1H3/b24-12-,30-13+. The van der Waals surface area contributed by atoms with E-state index >= 15 is 0 Å². The molecule has 4 nitrogen and oxygen atoms in total. The van der Waals surface area contributed by atoms with Crippen molar-refractivity contribution in [3.8, 4) is 56.4 Å². The maximum atomic E-state index is 5.05. The summed E-state index contributed by atoms with van der Waals surface area (Å²) >= 11 is 0. The molecule has 0 unspecified atom stereocenters. The van der Waals surface area contributed by atoms with Gasteiger partial charge in [0, 0.05) is 22.9 Å². The third-order valence-corrected chi connectivity index (χ3v) is 8.16. The van der Waals surface area contributed by atoms with Gasteiger partial charge in [-0.25, -0.2) is 15.0 Å². The molecule has 0 bridgehead atoms. The number of fused-ring (bicyclic) bond motifs is 1. The molecule has 0 aliphatic heterocycles. The Morgan fingerprint density at radius 2 is 1.02 bits per heavy atom. The van der Waals surface area contributed by atoms with Gasteiger partial charge in [-0.05, 0) is 94.2 Å². The Morgan fingerprint density at radius 1 is 0.489 bits per heavy atom. The van der Waals surface area contributed by atoms with Crippen LogP contribution >= 0.6 is 0 Å². The second-order valence-corrected chi connectivity index (χ2v) is 11.4. The summed E-state index contributed by atoms with van der Waals surface area (Å²) < 4.78 is 0. The lowest BCUT2D eigenvalue weighted by Crippen LogP contribution is -2.00. The summed E-state index contributed by atoms with van der Waals surface area (Å²) in [5.74, 6) is 1.89. The Balaban J connectivity index is 1.43. The van der Waals surface area contributed by atoms with Gasteiger partial charge < -0.3 is 0 Å². The lowest BCUT2D eigenvalue weighted by atomic mass is 9.93. The molecule has 47 heavy (non-hydrogen) atoms. The van der Waals surface area contributed by atoms with E-state index in [1.54, 1.807) is 6.20 Å². The zero-order valence-electron chi connectivity index (χ0n) is 26.1. The van der Waals surface area contributed by atoms with Crippen molar-refractivity contribution in [2.45, 2.75) is 6.92 Å². The second-order valence-electron chi connectivity index (χ2n) is 11.4. The Labute approximate surface area is 275 Å². The van der Waals surface area contributed by atoms with Crippen molar-refractivity contribution in [2.75, 3.05) is 0 Å². The maximum absolute atomic E-state index is 5.05. The summed E-state index contributed by atoms with van der Waals surface area (Å²) in [7, 11) is 0. The molecule has 0 N–H and O–H groups in total. The van der Waals surface area contributed by atoms with Gasteiger partial charge in [0.25, 0.3) is 0 Å². The number of allylic oxidation sites excluding steroid dienone is 3. The molecule has 6 aromatic carbocycles. The van der Waals surface area contributed by atoms with Gasteiger partial charge in [0.15, 0.2) is 17.5 Å². The molecule has 1 heterocycles. The van der Waals surface area contributed by atoms with E-state index in [2.05, 4.69) is 104 Å². The fourth-order valence-corrected chi connectivity index (χ4v) is 5.69. The molecule has 4 heteroatoms. The number of aliphatic imine (C=N–C) groups is 1. The Morgan fingerprint density at radius 3 is 1.66 bits per heavy atom. The molecule has 0 aliphatic carbocycles. The molecule has 0 aliphatic rings. The number of hydrogen-bond donors (Lipinski definition) is 0. The molecule has 224 valence electrons. The van der Waals surface area contributed by atoms with Crippen LogP contribution in [0.15, 0.2) is 169 Å². The van der Waals surface area contributed by atoms with Crippen LogP contribution in [0.2, 0.25) is 0 Å². The summed E-state index contributed by atoms with van der Waals surface area (Å²) in [6.45, 7) is 5.63. The highest BCUT2D eigenvalue weighted by molar-refractivity contribution is 5.89. The van der Waals surface area contributed by atoms with E-state index in [0.717, 1.165) is 50.1 Å². The zero-order chi connectivity index (χ0) is 32.0. The van der Waals surface area contributed by atoms with Gasteiger partial charge in [-0.3, -0.25) is 4.99 Å². The third-order valence-electron chi connectivity index (χ3n) is 8.16. The predicted molar refractivity (Wildman–Crippen MR) is 197 cm³/mol. The second kappa shape index (κ2) is 13.4. The smallest absolute Gasteiger partial charge is 0.164 e. The van der Waals surface area contributed by atoms with E-state index < -0.39 is 0 Å². The van der Waals surface area contributed by atoms with E-state index in [1.807, 2.05) is 72.8 Å². The number of rotatable bonds is 8. The summed E-state index contributed by atoms with van der Waals surface area (Å²) in [6.07, 6.45) is 5.64. The third kappa shape index (κ3) is 6.58. The first-order chi connectivity index (χ1) is 23.1. The quantitative estimate of drug-likeness (QED) is 0.128. The van der Waals surface area contributed by atoms with Gasteiger partial charge in [-0.15, -0.1) is 0 Å². The number of hydrogen-bond acceptors (Lipinski definition) is 4. The van der Waals surface area contributed by atoms with Crippen LogP contribution in [0.3, 0.4) is 0 Å². The van der Waals surface area contributed by atoms with Gasteiger partial charge >= 0.3 is 0 Å². The molecule has 0 radical (unpaired) electrons. The number of nitrogens with zero attached hydrogens (tertiary/aromatic N) is 4. The van der Waals surface area contributed by atoms with Gasteiger partial charge in [0.2, 0.25) is 0 Å². The van der Waals surface area contributed by atoms with Crippen molar-refractivity contribution in [2.24, 2.45) is 4.99 Å². The summed E-state index contributed by atoms with van der Waals surface area (Å²) in [5, 5.41) is 2.40. The van der Waals surface area contributed by atoms with Gasteiger partial charge in [-0.1, -0.05) is 121 Å².